The Morgan fingerprint density at radius 3 is 2.84 bits per heavy atom. The van der Waals surface area contributed by atoms with Crippen LogP contribution in [0, 0.1) is 11.8 Å². The number of carboxylic acids is 1. The molecule has 0 radical (unpaired) electrons. The number of nitrogens with one attached hydrogen (secondary N) is 1. The molecule has 172 valence electrons. The number of aliphatic hydroxyl groups excluding tert-OH is 2. The van der Waals surface area contributed by atoms with Gasteiger partial charge in [0.1, 0.15) is 18.1 Å². The number of aromatic nitrogens is 2. The van der Waals surface area contributed by atoms with Gasteiger partial charge in [-0.25, -0.2) is 9.78 Å². The Balaban J connectivity index is 0.00000272. The van der Waals surface area contributed by atoms with Crippen LogP contribution in [-0.4, -0.2) is 71.6 Å². The Hall–Kier alpha value is -1.59. The summed E-state index contributed by atoms with van der Waals surface area (Å²) in [5.41, 5.74) is 0.0915. The highest BCUT2D eigenvalue weighted by atomic mass is 35.5. The summed E-state index contributed by atoms with van der Waals surface area (Å²) >= 11 is 1.56. The van der Waals surface area contributed by atoms with Crippen molar-refractivity contribution in [3.63, 3.8) is 0 Å². The van der Waals surface area contributed by atoms with Crippen molar-refractivity contribution in [2.75, 3.05) is 6.54 Å². The highest BCUT2D eigenvalue weighted by molar-refractivity contribution is 8.03. The van der Waals surface area contributed by atoms with Crippen LogP contribution in [-0.2, 0) is 22.7 Å². The van der Waals surface area contributed by atoms with Crippen LogP contribution in [0.3, 0.4) is 0 Å². The first kappa shape index (κ1) is 24.1. The number of amides is 1. The maximum absolute atomic E-state index is 12.5. The molecule has 0 spiro atoms. The van der Waals surface area contributed by atoms with Gasteiger partial charge in [0.25, 0.3) is 0 Å². The van der Waals surface area contributed by atoms with E-state index in [1.165, 1.54) is 4.90 Å². The van der Waals surface area contributed by atoms with Gasteiger partial charge in [0.05, 0.1) is 18.1 Å². The second kappa shape index (κ2) is 9.50. The number of fused-ring (bicyclic) bond motifs is 1. The largest absolute Gasteiger partial charge is 0.477 e. The summed E-state index contributed by atoms with van der Waals surface area (Å²) in [6.07, 6.45) is 4.54. The number of halogens is 1. The molecule has 3 aliphatic heterocycles. The number of aryl methyl sites for hydroxylation is 1. The number of hydrogen-bond donors (Lipinski definition) is 4. The van der Waals surface area contributed by atoms with Crippen molar-refractivity contribution in [3.8, 4) is 0 Å². The van der Waals surface area contributed by atoms with Crippen molar-refractivity contribution >= 4 is 36.0 Å². The van der Waals surface area contributed by atoms with Crippen LogP contribution >= 0.6 is 24.2 Å². The quantitative estimate of drug-likeness (QED) is 0.409. The molecule has 6 atom stereocenters. The highest BCUT2D eigenvalue weighted by Gasteiger charge is 2.60. The molecule has 1 aromatic heterocycles. The first-order valence-corrected chi connectivity index (χ1v) is 11.2. The van der Waals surface area contributed by atoms with E-state index in [1.54, 1.807) is 24.9 Å². The van der Waals surface area contributed by atoms with E-state index < -0.39 is 18.0 Å². The normalized spacial score (nSPS) is 30.8. The van der Waals surface area contributed by atoms with E-state index in [1.807, 2.05) is 17.7 Å². The predicted molar refractivity (Wildman–Crippen MR) is 117 cm³/mol. The molecule has 9 nitrogen and oxygen atoms in total. The van der Waals surface area contributed by atoms with Gasteiger partial charge in [-0.3, -0.25) is 4.79 Å². The van der Waals surface area contributed by atoms with Crippen LogP contribution in [0.1, 0.15) is 32.5 Å². The van der Waals surface area contributed by atoms with Crippen LogP contribution in [0.5, 0.6) is 0 Å². The molecule has 3 aliphatic rings. The molecule has 4 heterocycles. The number of rotatable bonds is 8. The lowest BCUT2D eigenvalue weighted by atomic mass is 9.79. The van der Waals surface area contributed by atoms with Gasteiger partial charge >= 0.3 is 5.97 Å². The van der Waals surface area contributed by atoms with Gasteiger partial charge in [-0.15, -0.1) is 24.2 Å². The molecule has 11 heteroatoms. The molecule has 0 aliphatic carbocycles. The fourth-order valence-electron chi connectivity index (χ4n) is 4.94. The molecular weight excluding hydrogens is 444 g/mol. The Bertz CT molecular complexity index is 876. The first-order valence-electron chi connectivity index (χ1n) is 10.3. The number of hydrogen-bond acceptors (Lipinski definition) is 7. The third-order valence-electron chi connectivity index (χ3n) is 6.45. The molecule has 1 amide bonds. The molecule has 0 unspecified atom stereocenters. The molecule has 4 rings (SSSR count). The van der Waals surface area contributed by atoms with Gasteiger partial charge in [0.15, 0.2) is 0 Å². The van der Waals surface area contributed by atoms with E-state index in [4.69, 9.17) is 0 Å². The Morgan fingerprint density at radius 1 is 1.45 bits per heavy atom. The molecule has 2 fully saturated rings. The third kappa shape index (κ3) is 4.23. The SMILES string of the molecule is C[C@@H](O)[C@H]1C(=O)N2C(C(=O)O)=C(S[C@@H]3CN[C@@H](CCn4ccnc4CO)C3)[C@H](C)[C@H]12.Cl. The summed E-state index contributed by atoms with van der Waals surface area (Å²) in [4.78, 5) is 30.6. The number of nitrogens with zero attached hydrogens (tertiary/aromatic N) is 3. The summed E-state index contributed by atoms with van der Waals surface area (Å²) in [5.74, 6) is -1.36. The number of aliphatic hydroxyl groups is 2. The van der Waals surface area contributed by atoms with Gasteiger partial charge in [-0.05, 0) is 19.8 Å². The van der Waals surface area contributed by atoms with E-state index in [2.05, 4.69) is 10.3 Å². The number of carbonyl (C=O) groups is 2. The summed E-state index contributed by atoms with van der Waals surface area (Å²) < 4.78 is 1.94. The minimum Gasteiger partial charge on any atom is -0.477 e. The van der Waals surface area contributed by atoms with Crippen molar-refractivity contribution in [2.24, 2.45) is 11.8 Å². The maximum Gasteiger partial charge on any atom is 0.353 e. The summed E-state index contributed by atoms with van der Waals surface area (Å²) in [5, 5.41) is 32.8. The Labute approximate surface area is 191 Å². The van der Waals surface area contributed by atoms with E-state index in [0.717, 1.165) is 30.8 Å². The monoisotopic (exact) mass is 472 g/mol. The number of carboxylic acid groups (broad SMARTS) is 1. The fraction of sp³-hybridized carbons (Fsp3) is 0.650. The van der Waals surface area contributed by atoms with Crippen molar-refractivity contribution in [3.05, 3.63) is 28.8 Å². The minimum absolute atomic E-state index is 0. The lowest BCUT2D eigenvalue weighted by Gasteiger charge is -2.46. The zero-order valence-corrected chi connectivity index (χ0v) is 19.1. The zero-order valence-electron chi connectivity index (χ0n) is 17.5. The molecule has 4 N–H and O–H groups in total. The lowest BCUT2D eigenvalue weighted by Crippen LogP contribution is -2.63. The molecule has 2 saturated heterocycles. The highest BCUT2D eigenvalue weighted by Crippen LogP contribution is 2.51. The summed E-state index contributed by atoms with van der Waals surface area (Å²) in [7, 11) is 0. The van der Waals surface area contributed by atoms with Gasteiger partial charge in [0.2, 0.25) is 5.91 Å². The molecular formula is C20H29ClN4O5S. The Morgan fingerprint density at radius 2 is 2.19 bits per heavy atom. The van der Waals surface area contributed by atoms with E-state index in [0.29, 0.717) is 11.9 Å². The number of β-lactam (4-membered cyclic amide) rings is 1. The van der Waals surface area contributed by atoms with Crippen molar-refractivity contribution in [1.82, 2.24) is 19.8 Å². The fourth-order valence-corrected chi connectivity index (χ4v) is 6.46. The van der Waals surface area contributed by atoms with Crippen molar-refractivity contribution < 1.29 is 24.9 Å². The number of imidazole rings is 1. The number of carbonyl (C=O) groups excluding carboxylic acids is 1. The van der Waals surface area contributed by atoms with Crippen LogP contribution < -0.4 is 5.32 Å². The van der Waals surface area contributed by atoms with Crippen LogP contribution in [0.2, 0.25) is 0 Å². The predicted octanol–water partition coefficient (Wildman–Crippen LogP) is 0.805. The second-order valence-electron chi connectivity index (χ2n) is 8.34. The average molecular weight is 473 g/mol. The van der Waals surface area contributed by atoms with E-state index >= 15 is 0 Å². The molecule has 1 aromatic rings. The van der Waals surface area contributed by atoms with Crippen LogP contribution in [0.4, 0.5) is 0 Å². The van der Waals surface area contributed by atoms with Crippen molar-refractivity contribution in [2.45, 2.75) is 63.3 Å². The summed E-state index contributed by atoms with van der Waals surface area (Å²) in [6.45, 7) is 4.98. The second-order valence-corrected chi connectivity index (χ2v) is 9.68. The minimum atomic E-state index is -1.08. The molecule has 31 heavy (non-hydrogen) atoms. The maximum atomic E-state index is 12.5. The topological polar surface area (TPSA) is 128 Å². The first-order chi connectivity index (χ1) is 14.3. The number of thioether (sulfide) groups is 1. The Kier molecular flexibility index (Phi) is 7.37. The standard InChI is InChI=1S/C20H28N4O5S.ClH/c1-10-16-15(11(2)26)19(27)24(16)17(20(28)29)18(10)30-13-7-12(22-8-13)3-5-23-6-4-21-14(23)9-25;/h4,6,10-13,15-16,22,25-26H,3,5,7-9H2,1-2H3,(H,28,29);1H/t10-,11-,12+,13+,15-,16-;/m1./s1. The molecule has 0 saturated carbocycles. The lowest BCUT2D eigenvalue weighted by molar-refractivity contribution is -0.163. The molecule has 0 aromatic carbocycles. The number of aliphatic carboxylic acids is 1. The smallest absolute Gasteiger partial charge is 0.353 e. The third-order valence-corrected chi connectivity index (χ3v) is 7.96. The summed E-state index contributed by atoms with van der Waals surface area (Å²) in [6, 6.07) is 0.0281. The van der Waals surface area contributed by atoms with E-state index in [9.17, 15) is 24.9 Å². The van der Waals surface area contributed by atoms with E-state index in [-0.39, 0.29) is 47.8 Å². The van der Waals surface area contributed by atoms with Gasteiger partial charge in [0, 0.05) is 47.6 Å². The van der Waals surface area contributed by atoms with Crippen molar-refractivity contribution in [1.29, 1.82) is 0 Å². The van der Waals surface area contributed by atoms with Gasteiger partial charge in [-0.2, -0.15) is 0 Å². The van der Waals surface area contributed by atoms with Crippen LogP contribution in [0.15, 0.2) is 23.0 Å². The molecule has 0 bridgehead atoms. The van der Waals surface area contributed by atoms with Crippen LogP contribution in [0.25, 0.3) is 0 Å². The zero-order chi connectivity index (χ0) is 21.6. The van der Waals surface area contributed by atoms with Gasteiger partial charge in [-0.1, -0.05) is 6.92 Å². The average Bonchev–Trinajstić information content (AvgIpc) is 3.38. The van der Waals surface area contributed by atoms with Gasteiger partial charge < -0.3 is 30.1 Å².